The molecule has 0 radical (unpaired) electrons. The van der Waals surface area contributed by atoms with Crippen LogP contribution in [0.4, 0.5) is 0 Å². The van der Waals surface area contributed by atoms with Crippen LogP contribution in [0.3, 0.4) is 0 Å². The van der Waals surface area contributed by atoms with Crippen molar-refractivity contribution in [3.63, 3.8) is 0 Å². The molecule has 0 aromatic heterocycles. The summed E-state index contributed by atoms with van der Waals surface area (Å²) in [6, 6.07) is 0. The molecule has 0 aliphatic carbocycles. The van der Waals surface area contributed by atoms with Gasteiger partial charge in [0.05, 0.1) is 0 Å². The van der Waals surface area contributed by atoms with Gasteiger partial charge in [0.15, 0.2) is 0 Å². The van der Waals surface area contributed by atoms with Crippen molar-refractivity contribution in [3.8, 4) is 0 Å². The maximum Gasteiger partial charge on any atom is 0.0342 e. The fourth-order valence-electron chi connectivity index (χ4n) is 1.68. The van der Waals surface area contributed by atoms with Crippen molar-refractivity contribution in [2.45, 2.75) is 12.8 Å². The summed E-state index contributed by atoms with van der Waals surface area (Å²) >= 11 is 0. The number of hydrogen-bond acceptors (Lipinski definition) is 4. The topological polar surface area (TPSA) is 58.5 Å². The van der Waals surface area contributed by atoms with Gasteiger partial charge in [0.1, 0.15) is 0 Å². The number of rotatable bonds is 2. The molecule has 4 nitrogen and oxygen atoms in total. The molecule has 1 fully saturated rings. The Balaban J connectivity index is 2.44. The van der Waals surface area contributed by atoms with E-state index in [0.717, 1.165) is 31.6 Å². The van der Waals surface area contributed by atoms with Gasteiger partial charge < -0.3 is 15.6 Å². The highest BCUT2D eigenvalue weighted by Gasteiger charge is 2.18. The number of hydrogen-bond donors (Lipinski definition) is 2. The molecular weight excluding hydrogens is 164 g/mol. The molecule has 0 saturated carbocycles. The molecular formula is C9H20N4. The molecule has 76 valence electrons. The van der Waals surface area contributed by atoms with Gasteiger partial charge in [0, 0.05) is 24.9 Å². The summed E-state index contributed by atoms with van der Waals surface area (Å²) in [6.07, 6.45) is 4.11. The second-order valence-electron chi connectivity index (χ2n) is 3.87. The van der Waals surface area contributed by atoms with Gasteiger partial charge in [0.2, 0.25) is 0 Å². The van der Waals surface area contributed by atoms with Crippen LogP contribution in [0, 0.1) is 5.92 Å². The molecule has 0 spiro atoms. The summed E-state index contributed by atoms with van der Waals surface area (Å²) in [5.74, 6) is 6.01. The highest BCUT2D eigenvalue weighted by molar-refractivity contribution is 5.02. The van der Waals surface area contributed by atoms with Crippen LogP contribution in [0.1, 0.15) is 12.8 Å². The van der Waals surface area contributed by atoms with E-state index >= 15 is 0 Å². The molecule has 4 N–H and O–H groups in total. The van der Waals surface area contributed by atoms with Crippen LogP contribution in [0.5, 0.6) is 0 Å². The Hall–Kier alpha value is -0.740. The third kappa shape index (κ3) is 3.24. The zero-order chi connectivity index (χ0) is 9.84. The summed E-state index contributed by atoms with van der Waals surface area (Å²) in [4.78, 5) is 2.33. The summed E-state index contributed by atoms with van der Waals surface area (Å²) in [5, 5.41) is 1.52. The minimum absolute atomic E-state index is 0.516. The summed E-state index contributed by atoms with van der Waals surface area (Å²) in [5.41, 5.74) is 6.83. The van der Waals surface area contributed by atoms with Crippen LogP contribution in [0.25, 0.3) is 0 Å². The molecule has 1 aliphatic heterocycles. The van der Waals surface area contributed by atoms with Gasteiger partial charge in [-0.3, -0.25) is 0 Å². The van der Waals surface area contributed by atoms with Crippen LogP contribution >= 0.6 is 0 Å². The zero-order valence-electron chi connectivity index (χ0n) is 8.53. The average Bonchev–Trinajstić information content (AvgIpc) is 2.04. The number of allylic oxidation sites excluding steroid dienone is 1. The lowest BCUT2D eigenvalue weighted by Gasteiger charge is -2.29. The lowest BCUT2D eigenvalue weighted by Crippen LogP contribution is -2.33. The first-order chi connectivity index (χ1) is 6.09. The van der Waals surface area contributed by atoms with Crippen LogP contribution < -0.4 is 11.6 Å². The molecule has 0 bridgehead atoms. The SMILES string of the molecule is CN(N)/C=C(\N)C1CCN(C)CC1. The molecule has 1 saturated heterocycles. The molecule has 0 unspecified atom stereocenters. The third-order valence-corrected chi connectivity index (χ3v) is 2.54. The van der Waals surface area contributed by atoms with Gasteiger partial charge in [-0.15, -0.1) is 0 Å². The number of likely N-dealkylation sites (tertiary alicyclic amines) is 1. The lowest BCUT2D eigenvalue weighted by atomic mass is 9.94. The molecule has 0 atom stereocenters. The maximum atomic E-state index is 5.92. The molecule has 0 aromatic carbocycles. The first-order valence-electron chi connectivity index (χ1n) is 4.73. The Morgan fingerprint density at radius 2 is 2.00 bits per heavy atom. The molecule has 1 heterocycles. The lowest BCUT2D eigenvalue weighted by molar-refractivity contribution is 0.235. The minimum atomic E-state index is 0.516. The molecule has 0 aromatic rings. The highest BCUT2D eigenvalue weighted by atomic mass is 15.4. The van der Waals surface area contributed by atoms with E-state index in [0.29, 0.717) is 5.92 Å². The highest BCUT2D eigenvalue weighted by Crippen LogP contribution is 2.20. The largest absolute Gasteiger partial charge is 0.401 e. The van der Waals surface area contributed by atoms with Crippen molar-refractivity contribution in [1.29, 1.82) is 0 Å². The quantitative estimate of drug-likeness (QED) is 0.466. The van der Waals surface area contributed by atoms with Gasteiger partial charge in [-0.25, -0.2) is 5.84 Å². The molecule has 4 heteroatoms. The van der Waals surface area contributed by atoms with E-state index in [2.05, 4.69) is 11.9 Å². The summed E-state index contributed by atoms with van der Waals surface area (Å²) in [7, 11) is 3.94. The maximum absolute atomic E-state index is 5.92. The van der Waals surface area contributed by atoms with Crippen molar-refractivity contribution >= 4 is 0 Å². The number of nitrogens with zero attached hydrogens (tertiary/aromatic N) is 2. The zero-order valence-corrected chi connectivity index (χ0v) is 8.53. The van der Waals surface area contributed by atoms with E-state index in [-0.39, 0.29) is 0 Å². The van der Waals surface area contributed by atoms with Crippen molar-refractivity contribution < 1.29 is 0 Å². The Bertz CT molecular complexity index is 180. The number of piperidine rings is 1. The predicted octanol–water partition coefficient (Wildman–Crippen LogP) is -0.0662. The summed E-state index contributed by atoms with van der Waals surface area (Å²) in [6.45, 7) is 2.26. The Labute approximate surface area is 80.1 Å². The Morgan fingerprint density at radius 1 is 1.46 bits per heavy atom. The van der Waals surface area contributed by atoms with E-state index < -0.39 is 0 Å². The Morgan fingerprint density at radius 3 is 2.46 bits per heavy atom. The van der Waals surface area contributed by atoms with E-state index in [1.54, 1.807) is 7.05 Å². The van der Waals surface area contributed by atoms with Crippen LogP contribution in [-0.4, -0.2) is 37.1 Å². The first-order valence-corrected chi connectivity index (χ1v) is 4.73. The molecule has 0 amide bonds. The minimum Gasteiger partial charge on any atom is -0.401 e. The van der Waals surface area contributed by atoms with Crippen molar-refractivity contribution in [2.24, 2.45) is 17.5 Å². The van der Waals surface area contributed by atoms with Gasteiger partial charge in [-0.05, 0) is 33.0 Å². The first kappa shape index (κ1) is 10.3. The van der Waals surface area contributed by atoms with Crippen LogP contribution in [0.15, 0.2) is 11.9 Å². The van der Waals surface area contributed by atoms with Gasteiger partial charge in [-0.2, -0.15) is 0 Å². The fourth-order valence-corrected chi connectivity index (χ4v) is 1.68. The second-order valence-corrected chi connectivity index (χ2v) is 3.87. The molecule has 1 aliphatic rings. The number of nitrogens with two attached hydrogens (primary N) is 2. The number of hydrazine groups is 1. The standard InChI is InChI=1S/C9H20N4/c1-12-5-3-8(4-6-12)9(10)7-13(2)11/h7-8H,3-6,10-11H2,1-2H3/b9-7-. The van der Waals surface area contributed by atoms with Gasteiger partial charge >= 0.3 is 0 Å². The van der Waals surface area contributed by atoms with E-state index in [9.17, 15) is 0 Å². The molecule has 13 heavy (non-hydrogen) atoms. The molecule has 1 rings (SSSR count). The normalized spacial score (nSPS) is 21.9. The monoisotopic (exact) mass is 184 g/mol. The smallest absolute Gasteiger partial charge is 0.0342 e. The average molecular weight is 184 g/mol. The van der Waals surface area contributed by atoms with Crippen molar-refractivity contribution in [1.82, 2.24) is 9.91 Å². The van der Waals surface area contributed by atoms with Crippen molar-refractivity contribution in [2.75, 3.05) is 27.2 Å². The van der Waals surface area contributed by atoms with E-state index in [1.165, 1.54) is 5.01 Å². The van der Waals surface area contributed by atoms with Gasteiger partial charge in [0.25, 0.3) is 0 Å². The van der Waals surface area contributed by atoms with Crippen LogP contribution in [0.2, 0.25) is 0 Å². The van der Waals surface area contributed by atoms with Crippen molar-refractivity contribution in [3.05, 3.63) is 11.9 Å². The van der Waals surface area contributed by atoms with E-state index in [4.69, 9.17) is 11.6 Å². The third-order valence-electron chi connectivity index (χ3n) is 2.54. The summed E-state index contributed by atoms with van der Waals surface area (Å²) < 4.78 is 0. The Kier molecular flexibility index (Phi) is 3.57. The predicted molar refractivity (Wildman–Crippen MR) is 54.4 cm³/mol. The van der Waals surface area contributed by atoms with Gasteiger partial charge in [-0.1, -0.05) is 0 Å². The van der Waals surface area contributed by atoms with Crippen LogP contribution in [-0.2, 0) is 0 Å². The van der Waals surface area contributed by atoms with E-state index in [1.807, 2.05) is 6.20 Å². The fraction of sp³-hybridized carbons (Fsp3) is 0.778. The second kappa shape index (κ2) is 4.48.